The predicted molar refractivity (Wildman–Crippen MR) is 69.3 cm³/mol. The second-order valence-corrected chi connectivity index (χ2v) is 4.52. The third-order valence-corrected chi connectivity index (χ3v) is 2.36. The quantitative estimate of drug-likeness (QED) is 0.522. The monoisotopic (exact) mass is 254 g/mol. The molecule has 100 valence electrons. The van der Waals surface area contributed by atoms with Gasteiger partial charge in [-0.25, -0.2) is 4.98 Å². The van der Waals surface area contributed by atoms with E-state index in [0.29, 0.717) is 24.7 Å². The third kappa shape index (κ3) is 4.17. The van der Waals surface area contributed by atoms with Gasteiger partial charge >= 0.3 is 5.69 Å². The molecule has 0 amide bonds. The zero-order valence-corrected chi connectivity index (χ0v) is 10.5. The SMILES string of the molecule is CC(C)CC(O)CNc1ccc([N+](=O)[O-])c(N)n1. The van der Waals surface area contributed by atoms with E-state index in [0.717, 1.165) is 0 Å². The van der Waals surface area contributed by atoms with Gasteiger partial charge in [-0.15, -0.1) is 0 Å². The Bertz CT molecular complexity index is 423. The first-order chi connectivity index (χ1) is 8.40. The van der Waals surface area contributed by atoms with Crippen LogP contribution in [0, 0.1) is 16.0 Å². The molecule has 1 unspecified atom stereocenters. The van der Waals surface area contributed by atoms with Crippen molar-refractivity contribution in [3.63, 3.8) is 0 Å². The maximum Gasteiger partial charge on any atom is 0.311 e. The maximum atomic E-state index is 10.5. The molecule has 18 heavy (non-hydrogen) atoms. The van der Waals surface area contributed by atoms with E-state index in [1.165, 1.54) is 12.1 Å². The Morgan fingerprint density at radius 3 is 2.72 bits per heavy atom. The predicted octanol–water partition coefficient (Wildman–Crippen LogP) is 1.39. The molecule has 0 fully saturated rings. The summed E-state index contributed by atoms with van der Waals surface area (Å²) in [5, 5.41) is 23.1. The average molecular weight is 254 g/mol. The average Bonchev–Trinajstić information content (AvgIpc) is 2.25. The van der Waals surface area contributed by atoms with Gasteiger partial charge in [0.25, 0.3) is 0 Å². The molecule has 0 saturated heterocycles. The zero-order chi connectivity index (χ0) is 13.7. The summed E-state index contributed by atoms with van der Waals surface area (Å²) in [7, 11) is 0. The number of nitrogen functional groups attached to an aromatic ring is 1. The van der Waals surface area contributed by atoms with E-state index >= 15 is 0 Å². The molecule has 7 nitrogen and oxygen atoms in total. The lowest BCUT2D eigenvalue weighted by Gasteiger charge is -2.14. The van der Waals surface area contributed by atoms with Gasteiger partial charge in [0.1, 0.15) is 5.82 Å². The molecule has 1 aromatic rings. The molecule has 4 N–H and O–H groups in total. The minimum atomic E-state index is -0.584. The molecular formula is C11H18N4O3. The molecule has 1 atom stereocenters. The summed E-state index contributed by atoms with van der Waals surface area (Å²) in [6.07, 6.45) is 0.193. The molecule has 0 bridgehead atoms. The van der Waals surface area contributed by atoms with Crippen molar-refractivity contribution in [2.75, 3.05) is 17.6 Å². The van der Waals surface area contributed by atoms with Crippen LogP contribution in [0.1, 0.15) is 20.3 Å². The van der Waals surface area contributed by atoms with Crippen LogP contribution in [0.5, 0.6) is 0 Å². The molecule has 1 heterocycles. The van der Waals surface area contributed by atoms with Crippen LogP contribution in [0.25, 0.3) is 0 Å². The van der Waals surface area contributed by atoms with Crippen molar-refractivity contribution in [3.05, 3.63) is 22.2 Å². The number of rotatable bonds is 6. The lowest BCUT2D eigenvalue weighted by Crippen LogP contribution is -2.21. The van der Waals surface area contributed by atoms with Crippen molar-refractivity contribution in [2.24, 2.45) is 5.92 Å². The van der Waals surface area contributed by atoms with Gasteiger partial charge in [-0.05, 0) is 18.4 Å². The molecule has 0 aliphatic carbocycles. The minimum Gasteiger partial charge on any atom is -0.391 e. The summed E-state index contributed by atoms with van der Waals surface area (Å²) >= 11 is 0. The molecule has 0 radical (unpaired) electrons. The van der Waals surface area contributed by atoms with Crippen molar-refractivity contribution in [3.8, 4) is 0 Å². The molecule has 0 saturated carbocycles. The smallest absolute Gasteiger partial charge is 0.311 e. The lowest BCUT2D eigenvalue weighted by atomic mass is 10.1. The summed E-state index contributed by atoms with van der Waals surface area (Å²) in [5.41, 5.74) is 5.23. The molecule has 1 aromatic heterocycles. The topological polar surface area (TPSA) is 114 Å². The van der Waals surface area contributed by atoms with Crippen LogP contribution < -0.4 is 11.1 Å². The van der Waals surface area contributed by atoms with Gasteiger partial charge in [-0.2, -0.15) is 0 Å². The highest BCUT2D eigenvalue weighted by Gasteiger charge is 2.13. The van der Waals surface area contributed by atoms with E-state index < -0.39 is 11.0 Å². The van der Waals surface area contributed by atoms with E-state index in [1.807, 2.05) is 13.8 Å². The Balaban J connectivity index is 2.58. The molecule has 7 heteroatoms. The van der Waals surface area contributed by atoms with Gasteiger partial charge in [-0.3, -0.25) is 10.1 Å². The fourth-order valence-corrected chi connectivity index (χ4v) is 1.57. The first-order valence-electron chi connectivity index (χ1n) is 5.73. The second kappa shape index (κ2) is 6.15. The Kier molecular flexibility index (Phi) is 4.85. The van der Waals surface area contributed by atoms with Crippen LogP contribution in [0.2, 0.25) is 0 Å². The van der Waals surface area contributed by atoms with E-state index in [9.17, 15) is 15.2 Å². The highest BCUT2D eigenvalue weighted by Crippen LogP contribution is 2.20. The Morgan fingerprint density at radius 2 is 2.22 bits per heavy atom. The first-order valence-corrected chi connectivity index (χ1v) is 5.73. The van der Waals surface area contributed by atoms with Crippen molar-refractivity contribution in [1.82, 2.24) is 4.98 Å². The molecule has 0 spiro atoms. The van der Waals surface area contributed by atoms with Crippen LogP contribution in [0.4, 0.5) is 17.3 Å². The number of nitrogens with one attached hydrogen (secondary N) is 1. The molecule has 0 aromatic carbocycles. The standard InChI is InChI=1S/C11H18N4O3/c1-7(2)5-8(16)6-13-10-4-3-9(15(17)18)11(12)14-10/h3-4,7-8,16H,5-6H2,1-2H3,(H3,12,13,14). The number of hydrogen-bond acceptors (Lipinski definition) is 6. The van der Waals surface area contributed by atoms with Gasteiger partial charge in [0.2, 0.25) is 5.82 Å². The van der Waals surface area contributed by atoms with Crippen LogP contribution in [-0.4, -0.2) is 27.7 Å². The van der Waals surface area contributed by atoms with Gasteiger partial charge in [-0.1, -0.05) is 13.8 Å². The number of anilines is 2. The lowest BCUT2D eigenvalue weighted by molar-refractivity contribution is -0.384. The number of pyridine rings is 1. The van der Waals surface area contributed by atoms with Crippen molar-refractivity contribution in [2.45, 2.75) is 26.4 Å². The van der Waals surface area contributed by atoms with E-state index in [1.54, 1.807) is 0 Å². The van der Waals surface area contributed by atoms with Crippen LogP contribution in [0.15, 0.2) is 12.1 Å². The number of aromatic nitrogens is 1. The fraction of sp³-hybridized carbons (Fsp3) is 0.545. The van der Waals surface area contributed by atoms with E-state index in [-0.39, 0.29) is 11.5 Å². The highest BCUT2D eigenvalue weighted by atomic mass is 16.6. The summed E-state index contributed by atoms with van der Waals surface area (Å²) < 4.78 is 0. The molecular weight excluding hydrogens is 236 g/mol. The van der Waals surface area contributed by atoms with E-state index in [2.05, 4.69) is 10.3 Å². The summed E-state index contributed by atoms with van der Waals surface area (Å²) in [5.74, 6) is 0.681. The minimum absolute atomic E-state index is 0.136. The van der Waals surface area contributed by atoms with Gasteiger partial charge in [0.15, 0.2) is 0 Å². The van der Waals surface area contributed by atoms with Gasteiger partial charge < -0.3 is 16.2 Å². The summed E-state index contributed by atoms with van der Waals surface area (Å²) in [6.45, 7) is 4.37. The zero-order valence-electron chi connectivity index (χ0n) is 10.5. The van der Waals surface area contributed by atoms with Crippen molar-refractivity contribution < 1.29 is 10.0 Å². The molecule has 0 aliphatic rings. The van der Waals surface area contributed by atoms with Crippen molar-refractivity contribution >= 4 is 17.3 Å². The maximum absolute atomic E-state index is 10.5. The Morgan fingerprint density at radius 1 is 1.56 bits per heavy atom. The van der Waals surface area contributed by atoms with Crippen LogP contribution >= 0.6 is 0 Å². The Labute approximate surface area is 105 Å². The number of aliphatic hydroxyl groups is 1. The second-order valence-electron chi connectivity index (χ2n) is 4.52. The third-order valence-electron chi connectivity index (χ3n) is 2.36. The van der Waals surface area contributed by atoms with Crippen LogP contribution in [0.3, 0.4) is 0 Å². The molecule has 1 rings (SSSR count). The van der Waals surface area contributed by atoms with E-state index in [4.69, 9.17) is 5.73 Å². The largest absolute Gasteiger partial charge is 0.391 e. The summed E-state index contributed by atoms with van der Waals surface area (Å²) in [4.78, 5) is 13.8. The fourth-order valence-electron chi connectivity index (χ4n) is 1.57. The van der Waals surface area contributed by atoms with Gasteiger partial charge in [0.05, 0.1) is 11.0 Å². The van der Waals surface area contributed by atoms with Gasteiger partial charge in [0, 0.05) is 12.6 Å². The number of nitrogens with two attached hydrogens (primary N) is 1. The first kappa shape index (κ1) is 14.2. The Hall–Kier alpha value is -1.89. The molecule has 0 aliphatic heterocycles. The van der Waals surface area contributed by atoms with Crippen molar-refractivity contribution in [1.29, 1.82) is 0 Å². The number of aliphatic hydroxyl groups excluding tert-OH is 1. The number of nitrogens with zero attached hydrogens (tertiary/aromatic N) is 2. The highest BCUT2D eigenvalue weighted by molar-refractivity contribution is 5.57. The number of nitro groups is 1. The van der Waals surface area contributed by atoms with Crippen LogP contribution in [-0.2, 0) is 0 Å². The summed E-state index contributed by atoms with van der Waals surface area (Å²) in [6, 6.07) is 2.76. The number of hydrogen-bond donors (Lipinski definition) is 3. The normalized spacial score (nSPS) is 12.4.